The van der Waals surface area contributed by atoms with E-state index in [1.54, 1.807) is 6.92 Å². The molecule has 0 saturated carbocycles. The lowest BCUT2D eigenvalue weighted by Crippen LogP contribution is -2.52. The quantitative estimate of drug-likeness (QED) is 0.810. The lowest BCUT2D eigenvalue weighted by atomic mass is 9.60. The van der Waals surface area contributed by atoms with Gasteiger partial charge in [-0.3, -0.25) is 14.5 Å². The van der Waals surface area contributed by atoms with Crippen molar-refractivity contribution in [1.82, 2.24) is 14.7 Å². The number of carbonyl (C=O) groups excluding carboxylic acids is 2. The van der Waals surface area contributed by atoms with Gasteiger partial charge in [0.15, 0.2) is 0 Å². The number of likely N-dealkylation sites (tertiary alicyclic amines) is 3. The van der Waals surface area contributed by atoms with Crippen LogP contribution in [0.25, 0.3) is 0 Å². The molecule has 3 saturated heterocycles. The van der Waals surface area contributed by atoms with Gasteiger partial charge in [0.05, 0.1) is 5.41 Å². The molecule has 0 N–H and O–H groups in total. The van der Waals surface area contributed by atoms with E-state index >= 15 is 0 Å². The van der Waals surface area contributed by atoms with E-state index in [4.69, 9.17) is 0 Å². The van der Waals surface area contributed by atoms with Crippen molar-refractivity contribution in [3.8, 4) is 0 Å². The number of carbonyl (C=O) groups is 2. The average molecular weight is 362 g/mol. The Bertz CT molecular complexity index is 666. The van der Waals surface area contributed by atoms with Gasteiger partial charge in [0.2, 0.25) is 11.8 Å². The maximum atomic E-state index is 13.1. The summed E-state index contributed by atoms with van der Waals surface area (Å²) < 4.78 is 0. The molecule has 2 amide bonds. The third-order valence-electron chi connectivity index (χ3n) is 6.82. The normalized spacial score (nSPS) is 29.3. The van der Waals surface area contributed by atoms with Gasteiger partial charge in [0.1, 0.15) is 0 Å². The Hall–Kier alpha value is -1.40. The van der Waals surface area contributed by atoms with Gasteiger partial charge >= 0.3 is 0 Å². The maximum Gasteiger partial charge on any atom is 0.231 e. The fourth-order valence-electron chi connectivity index (χ4n) is 5.26. The van der Waals surface area contributed by atoms with Crippen LogP contribution in [-0.4, -0.2) is 66.3 Å². The summed E-state index contributed by atoms with van der Waals surface area (Å²) in [6.07, 6.45) is 2.93. The van der Waals surface area contributed by atoms with E-state index in [1.807, 2.05) is 28.2 Å². The van der Waals surface area contributed by atoms with Gasteiger partial charge in [-0.05, 0) is 43.8 Å². The second kappa shape index (κ2) is 6.09. The Morgan fingerprint density at radius 1 is 1.20 bits per heavy atom. The second-order valence-electron chi connectivity index (χ2n) is 8.07. The van der Waals surface area contributed by atoms with Gasteiger partial charge in [-0.1, -0.05) is 6.07 Å². The lowest BCUT2D eigenvalue weighted by molar-refractivity contribution is -0.141. The summed E-state index contributed by atoms with van der Waals surface area (Å²) in [5, 5.41) is 2.13. The molecule has 0 aliphatic carbocycles. The fourth-order valence-corrected chi connectivity index (χ4v) is 6.00. The van der Waals surface area contributed by atoms with Crippen LogP contribution in [0.4, 0.5) is 0 Å². The highest BCUT2D eigenvalue weighted by atomic mass is 32.1. The Balaban J connectivity index is 1.55. The molecular formula is C19H27N3O2S. The van der Waals surface area contributed by atoms with Crippen LogP contribution >= 0.6 is 11.3 Å². The SMILES string of the molecule is CC(=O)N1CC2(CCN(Cc3cccs3)CC2)[C@@]2(CCN(C)C2=O)C1. The van der Waals surface area contributed by atoms with Crippen molar-refractivity contribution in [3.63, 3.8) is 0 Å². The van der Waals surface area contributed by atoms with Crippen LogP contribution in [0.1, 0.15) is 31.1 Å². The predicted octanol–water partition coefficient (Wildman–Crippen LogP) is 2.04. The van der Waals surface area contributed by atoms with Crippen LogP contribution in [0.2, 0.25) is 0 Å². The van der Waals surface area contributed by atoms with E-state index in [2.05, 4.69) is 22.4 Å². The third kappa shape index (κ3) is 2.61. The van der Waals surface area contributed by atoms with Gasteiger partial charge in [-0.15, -0.1) is 11.3 Å². The minimum atomic E-state index is -0.345. The first-order valence-electron chi connectivity index (χ1n) is 9.22. The van der Waals surface area contributed by atoms with Crippen LogP contribution in [0, 0.1) is 10.8 Å². The second-order valence-corrected chi connectivity index (χ2v) is 9.10. The average Bonchev–Trinajstić information content (AvgIpc) is 3.28. The van der Waals surface area contributed by atoms with Crippen molar-refractivity contribution in [2.24, 2.45) is 10.8 Å². The smallest absolute Gasteiger partial charge is 0.231 e. The van der Waals surface area contributed by atoms with E-state index in [9.17, 15) is 9.59 Å². The van der Waals surface area contributed by atoms with Crippen molar-refractivity contribution in [2.45, 2.75) is 32.7 Å². The minimum Gasteiger partial charge on any atom is -0.345 e. The van der Waals surface area contributed by atoms with Gasteiger partial charge in [0.25, 0.3) is 0 Å². The molecule has 1 atom stereocenters. The highest BCUT2D eigenvalue weighted by Gasteiger charge is 2.65. The van der Waals surface area contributed by atoms with Crippen LogP contribution in [-0.2, 0) is 16.1 Å². The minimum absolute atomic E-state index is 0.0353. The summed E-state index contributed by atoms with van der Waals surface area (Å²) in [4.78, 5) is 32.9. The first kappa shape index (κ1) is 17.0. The molecule has 2 spiro atoms. The Morgan fingerprint density at radius 3 is 2.52 bits per heavy atom. The topological polar surface area (TPSA) is 43.9 Å². The maximum absolute atomic E-state index is 13.1. The van der Waals surface area contributed by atoms with Crippen LogP contribution < -0.4 is 0 Å². The molecule has 4 heterocycles. The summed E-state index contributed by atoms with van der Waals surface area (Å²) >= 11 is 1.81. The van der Waals surface area contributed by atoms with Crippen molar-refractivity contribution in [3.05, 3.63) is 22.4 Å². The molecule has 3 aliphatic rings. The number of rotatable bonds is 2. The van der Waals surface area contributed by atoms with Crippen molar-refractivity contribution in [1.29, 1.82) is 0 Å². The molecule has 0 bridgehead atoms. The predicted molar refractivity (Wildman–Crippen MR) is 98.2 cm³/mol. The highest BCUT2D eigenvalue weighted by molar-refractivity contribution is 7.09. The van der Waals surface area contributed by atoms with Gasteiger partial charge in [-0.2, -0.15) is 0 Å². The number of hydrogen-bond donors (Lipinski definition) is 0. The summed E-state index contributed by atoms with van der Waals surface area (Å²) in [6.45, 7) is 6.88. The van der Waals surface area contributed by atoms with Crippen molar-refractivity contribution in [2.75, 3.05) is 39.8 Å². The number of thiophene rings is 1. The molecule has 1 aromatic heterocycles. The van der Waals surface area contributed by atoms with Gasteiger partial charge in [0, 0.05) is 50.4 Å². The molecule has 25 heavy (non-hydrogen) atoms. The molecule has 4 rings (SSSR count). The van der Waals surface area contributed by atoms with E-state index in [-0.39, 0.29) is 22.6 Å². The zero-order chi connectivity index (χ0) is 17.7. The zero-order valence-electron chi connectivity index (χ0n) is 15.2. The number of nitrogens with zero attached hydrogens (tertiary/aromatic N) is 3. The number of piperidine rings is 1. The molecule has 136 valence electrons. The monoisotopic (exact) mass is 361 g/mol. The van der Waals surface area contributed by atoms with Crippen LogP contribution in [0.5, 0.6) is 0 Å². The molecule has 0 radical (unpaired) electrons. The molecular weight excluding hydrogens is 334 g/mol. The Morgan fingerprint density at radius 2 is 1.96 bits per heavy atom. The Kier molecular flexibility index (Phi) is 4.15. The van der Waals surface area contributed by atoms with Gasteiger partial charge in [-0.25, -0.2) is 0 Å². The summed E-state index contributed by atoms with van der Waals surface area (Å²) in [5.74, 6) is 0.377. The highest BCUT2D eigenvalue weighted by Crippen LogP contribution is 2.57. The summed E-state index contributed by atoms with van der Waals surface area (Å²) in [6, 6.07) is 4.30. The van der Waals surface area contributed by atoms with Crippen LogP contribution in [0.3, 0.4) is 0 Å². The largest absolute Gasteiger partial charge is 0.345 e. The summed E-state index contributed by atoms with van der Waals surface area (Å²) in [5.41, 5.74) is -0.380. The van der Waals surface area contributed by atoms with Crippen molar-refractivity contribution < 1.29 is 9.59 Å². The van der Waals surface area contributed by atoms with Crippen LogP contribution in [0.15, 0.2) is 17.5 Å². The molecule has 6 heteroatoms. The van der Waals surface area contributed by atoms with Gasteiger partial charge < -0.3 is 9.80 Å². The van der Waals surface area contributed by atoms with E-state index < -0.39 is 0 Å². The molecule has 3 aliphatic heterocycles. The molecule has 5 nitrogen and oxygen atoms in total. The Labute approximate surface area is 153 Å². The number of amides is 2. The molecule has 1 aromatic rings. The summed E-state index contributed by atoms with van der Waals surface area (Å²) in [7, 11) is 1.91. The number of fused-ring (bicyclic) bond motifs is 1. The first-order valence-corrected chi connectivity index (χ1v) is 10.1. The van der Waals surface area contributed by atoms with E-state index in [0.717, 1.165) is 52.0 Å². The first-order chi connectivity index (χ1) is 12.0. The zero-order valence-corrected chi connectivity index (χ0v) is 16.0. The van der Waals surface area contributed by atoms with E-state index in [0.29, 0.717) is 6.54 Å². The fraction of sp³-hybridized carbons (Fsp3) is 0.684. The van der Waals surface area contributed by atoms with Crippen molar-refractivity contribution >= 4 is 23.2 Å². The molecule has 3 fully saturated rings. The molecule has 0 aromatic carbocycles. The standard InChI is InChI=1S/C19H27N3O2S/c1-15(23)22-13-18(19(14-22)7-8-20(2)17(19)24)5-9-21(10-6-18)12-16-4-3-11-25-16/h3-4,11H,5-10,12-14H2,1-2H3/t19-/m0/s1. The van der Waals surface area contributed by atoms with E-state index in [1.165, 1.54) is 4.88 Å². The lowest BCUT2D eigenvalue weighted by Gasteiger charge is -2.46. The third-order valence-corrected chi connectivity index (χ3v) is 7.68. The molecule has 0 unspecified atom stereocenters. The number of hydrogen-bond acceptors (Lipinski definition) is 4.